The summed E-state index contributed by atoms with van der Waals surface area (Å²) in [6.07, 6.45) is -1.03. The summed E-state index contributed by atoms with van der Waals surface area (Å²) in [4.78, 5) is 16.5. The van der Waals surface area contributed by atoms with E-state index in [2.05, 4.69) is 4.98 Å². The van der Waals surface area contributed by atoms with Gasteiger partial charge in [0.2, 0.25) is 0 Å². The Bertz CT molecular complexity index is 824. The Balaban J connectivity index is 1.99. The Kier molecular flexibility index (Phi) is 6.94. The SMILES string of the molecule is Cc1c(C(F)(F)F)cnc(CC(=O)C2CCC(CS(=O)(=O)C(C)C)CC2)c1C. The highest BCUT2D eigenvalue weighted by Crippen LogP contribution is 2.34. The van der Waals surface area contributed by atoms with Crippen molar-refractivity contribution in [3.8, 4) is 0 Å². The molecule has 2 rings (SSSR count). The topological polar surface area (TPSA) is 64.1 Å². The fraction of sp³-hybridized carbons (Fsp3) is 0.700. The third kappa shape index (κ3) is 5.33. The number of halogens is 3. The van der Waals surface area contributed by atoms with Crippen LogP contribution in [-0.4, -0.2) is 30.2 Å². The average molecular weight is 420 g/mol. The number of ketones is 1. The van der Waals surface area contributed by atoms with Gasteiger partial charge in [0, 0.05) is 18.5 Å². The zero-order chi connectivity index (χ0) is 21.3. The molecule has 4 nitrogen and oxygen atoms in total. The first-order valence-corrected chi connectivity index (χ1v) is 11.3. The minimum Gasteiger partial charge on any atom is -0.299 e. The third-order valence-electron chi connectivity index (χ3n) is 5.88. The maximum absolute atomic E-state index is 13.0. The number of alkyl halides is 3. The second-order valence-corrected chi connectivity index (χ2v) is 10.7. The van der Waals surface area contributed by atoms with Crippen LogP contribution in [0.5, 0.6) is 0 Å². The van der Waals surface area contributed by atoms with Crippen LogP contribution in [0.15, 0.2) is 6.20 Å². The van der Waals surface area contributed by atoms with Gasteiger partial charge in [-0.25, -0.2) is 8.42 Å². The lowest BCUT2D eigenvalue weighted by Crippen LogP contribution is -2.29. The first-order valence-electron chi connectivity index (χ1n) is 9.59. The highest BCUT2D eigenvalue weighted by Gasteiger charge is 2.34. The number of carbonyl (C=O) groups excluding carboxylic acids is 1. The van der Waals surface area contributed by atoms with Crippen molar-refractivity contribution in [2.24, 2.45) is 11.8 Å². The summed E-state index contributed by atoms with van der Waals surface area (Å²) in [6.45, 7) is 6.31. The molecule has 28 heavy (non-hydrogen) atoms. The summed E-state index contributed by atoms with van der Waals surface area (Å²) >= 11 is 0. The molecule has 0 unspecified atom stereocenters. The van der Waals surface area contributed by atoms with E-state index in [0.717, 1.165) is 6.20 Å². The van der Waals surface area contributed by atoms with Crippen LogP contribution >= 0.6 is 0 Å². The molecule has 0 aromatic carbocycles. The molecule has 0 atom stereocenters. The molecule has 1 fully saturated rings. The van der Waals surface area contributed by atoms with Gasteiger partial charge >= 0.3 is 6.18 Å². The number of hydrogen-bond acceptors (Lipinski definition) is 4. The Morgan fingerprint density at radius 2 is 1.71 bits per heavy atom. The van der Waals surface area contributed by atoms with E-state index < -0.39 is 26.8 Å². The molecule has 0 bridgehead atoms. The number of Topliss-reactive ketones (excluding diaryl/α,β-unsaturated/α-hetero) is 1. The van der Waals surface area contributed by atoms with Gasteiger partial charge in [-0.3, -0.25) is 9.78 Å². The minimum absolute atomic E-state index is 0.0183. The van der Waals surface area contributed by atoms with Crippen LogP contribution in [0.2, 0.25) is 0 Å². The molecule has 1 heterocycles. The predicted octanol–water partition coefficient (Wildman–Crippen LogP) is 4.46. The number of aromatic nitrogens is 1. The van der Waals surface area contributed by atoms with Crippen LogP contribution in [0, 0.1) is 25.7 Å². The van der Waals surface area contributed by atoms with E-state index in [1.165, 1.54) is 6.92 Å². The molecule has 1 aliphatic rings. The average Bonchev–Trinajstić information content (AvgIpc) is 2.58. The van der Waals surface area contributed by atoms with Gasteiger partial charge in [0.15, 0.2) is 9.84 Å². The van der Waals surface area contributed by atoms with E-state index in [1.54, 1.807) is 20.8 Å². The van der Waals surface area contributed by atoms with Crippen LogP contribution in [-0.2, 0) is 27.2 Å². The van der Waals surface area contributed by atoms with Gasteiger partial charge in [0.1, 0.15) is 5.78 Å². The summed E-state index contributed by atoms with van der Waals surface area (Å²) < 4.78 is 63.0. The number of hydrogen-bond donors (Lipinski definition) is 0. The van der Waals surface area contributed by atoms with E-state index in [1.807, 2.05) is 0 Å². The monoisotopic (exact) mass is 419 g/mol. The molecule has 0 N–H and O–H groups in total. The summed E-state index contributed by atoms with van der Waals surface area (Å²) in [5.74, 6) is 0.0241. The van der Waals surface area contributed by atoms with E-state index in [4.69, 9.17) is 0 Å². The van der Waals surface area contributed by atoms with Crippen molar-refractivity contribution in [3.63, 3.8) is 0 Å². The highest BCUT2D eigenvalue weighted by molar-refractivity contribution is 7.91. The van der Waals surface area contributed by atoms with E-state index in [9.17, 15) is 26.4 Å². The Labute approximate surface area is 164 Å². The first-order chi connectivity index (χ1) is 12.8. The number of rotatable bonds is 6. The normalized spacial score (nSPS) is 21.1. The van der Waals surface area contributed by atoms with Crippen LogP contribution in [0.25, 0.3) is 0 Å². The minimum atomic E-state index is -4.46. The smallest absolute Gasteiger partial charge is 0.299 e. The van der Waals surface area contributed by atoms with Gasteiger partial charge in [-0.1, -0.05) is 0 Å². The maximum Gasteiger partial charge on any atom is 0.418 e. The first kappa shape index (κ1) is 22.8. The largest absolute Gasteiger partial charge is 0.418 e. The van der Waals surface area contributed by atoms with Crippen molar-refractivity contribution in [1.82, 2.24) is 4.98 Å². The lowest BCUT2D eigenvalue weighted by Gasteiger charge is -2.28. The quantitative estimate of drug-likeness (QED) is 0.683. The van der Waals surface area contributed by atoms with Crippen LogP contribution in [0.4, 0.5) is 13.2 Å². The summed E-state index contributed by atoms with van der Waals surface area (Å²) in [5.41, 5.74) is 0.126. The molecule has 0 saturated heterocycles. The molecular weight excluding hydrogens is 391 g/mol. The van der Waals surface area contributed by atoms with Crippen LogP contribution < -0.4 is 0 Å². The number of sulfone groups is 1. The standard InChI is InChI=1S/C20H28F3NO3S/c1-12(2)28(26,27)11-15-5-7-16(8-6-15)19(25)9-18-14(4)13(3)17(10-24-18)20(21,22)23/h10,12,15-16H,5-9,11H2,1-4H3. The van der Waals surface area contributed by atoms with E-state index in [0.29, 0.717) is 36.9 Å². The molecule has 1 saturated carbocycles. The molecule has 0 spiro atoms. The number of pyridine rings is 1. The molecule has 0 aliphatic heterocycles. The van der Waals surface area contributed by atoms with Gasteiger partial charge in [-0.05, 0) is 70.4 Å². The van der Waals surface area contributed by atoms with Crippen molar-refractivity contribution < 1.29 is 26.4 Å². The van der Waals surface area contributed by atoms with Gasteiger partial charge < -0.3 is 0 Å². The fourth-order valence-electron chi connectivity index (χ4n) is 3.70. The summed E-state index contributed by atoms with van der Waals surface area (Å²) in [7, 11) is -3.10. The second kappa shape index (κ2) is 8.51. The molecule has 1 aromatic heterocycles. The van der Waals surface area contributed by atoms with Crippen molar-refractivity contribution in [2.75, 3.05) is 5.75 Å². The van der Waals surface area contributed by atoms with E-state index in [-0.39, 0.29) is 35.4 Å². The van der Waals surface area contributed by atoms with Gasteiger partial charge in [-0.15, -0.1) is 0 Å². The summed E-state index contributed by atoms with van der Waals surface area (Å²) in [6, 6.07) is 0. The Morgan fingerprint density at radius 3 is 2.21 bits per heavy atom. The molecule has 0 radical (unpaired) electrons. The van der Waals surface area contributed by atoms with Crippen molar-refractivity contribution >= 4 is 15.6 Å². The maximum atomic E-state index is 13.0. The van der Waals surface area contributed by atoms with Gasteiger partial charge in [-0.2, -0.15) is 13.2 Å². The molecule has 1 aliphatic carbocycles. The van der Waals surface area contributed by atoms with Crippen molar-refractivity contribution in [2.45, 2.75) is 71.2 Å². The van der Waals surface area contributed by atoms with Crippen LogP contribution in [0.1, 0.15) is 61.9 Å². The molecule has 8 heteroatoms. The molecular formula is C20H28F3NO3S. The second-order valence-electron chi connectivity index (χ2n) is 8.11. The predicted molar refractivity (Wildman–Crippen MR) is 102 cm³/mol. The third-order valence-corrected chi connectivity index (χ3v) is 8.26. The Hall–Kier alpha value is -1.44. The fourth-order valence-corrected chi connectivity index (χ4v) is 5.08. The molecule has 1 aromatic rings. The lowest BCUT2D eigenvalue weighted by molar-refractivity contribution is -0.138. The van der Waals surface area contributed by atoms with Crippen molar-refractivity contribution in [3.05, 3.63) is 28.6 Å². The van der Waals surface area contributed by atoms with Crippen molar-refractivity contribution in [1.29, 1.82) is 0 Å². The van der Waals surface area contributed by atoms with E-state index >= 15 is 0 Å². The zero-order valence-corrected chi connectivity index (χ0v) is 17.6. The van der Waals surface area contributed by atoms with Gasteiger partial charge in [0.05, 0.1) is 22.3 Å². The van der Waals surface area contributed by atoms with Gasteiger partial charge in [0.25, 0.3) is 0 Å². The highest BCUT2D eigenvalue weighted by atomic mass is 32.2. The lowest BCUT2D eigenvalue weighted by atomic mass is 9.79. The molecule has 0 amide bonds. The summed E-state index contributed by atoms with van der Waals surface area (Å²) in [5, 5.41) is -0.399. The number of nitrogens with zero attached hydrogens (tertiary/aromatic N) is 1. The number of carbonyl (C=O) groups is 1. The zero-order valence-electron chi connectivity index (χ0n) is 16.8. The Morgan fingerprint density at radius 1 is 1.14 bits per heavy atom. The van der Waals surface area contributed by atoms with Crippen LogP contribution in [0.3, 0.4) is 0 Å². The molecule has 158 valence electrons.